The molecule has 1 fully saturated rings. The fourth-order valence-corrected chi connectivity index (χ4v) is 3.96. The van der Waals surface area contributed by atoms with Crippen LogP contribution in [0, 0.1) is 11.8 Å². The SMILES string of the molecule is O=C1CCC(C2Cc3cc(NC(=O)c4ccc(Cl)cc4)ccc3C2=O)C(=O)N1. The molecule has 2 aromatic carbocycles. The number of benzene rings is 2. The number of halogens is 1. The van der Waals surface area contributed by atoms with Crippen molar-refractivity contribution in [2.45, 2.75) is 19.3 Å². The molecule has 0 saturated carbocycles. The first-order valence-corrected chi connectivity index (χ1v) is 9.38. The van der Waals surface area contributed by atoms with E-state index >= 15 is 0 Å². The molecule has 0 radical (unpaired) electrons. The van der Waals surface area contributed by atoms with Gasteiger partial charge >= 0.3 is 0 Å². The van der Waals surface area contributed by atoms with Crippen LogP contribution in [0.15, 0.2) is 42.5 Å². The van der Waals surface area contributed by atoms with E-state index in [-0.39, 0.29) is 29.9 Å². The molecule has 1 saturated heterocycles. The lowest BCUT2D eigenvalue weighted by molar-refractivity contribution is -0.137. The molecule has 1 aliphatic carbocycles. The van der Waals surface area contributed by atoms with Crippen molar-refractivity contribution >= 4 is 40.8 Å². The van der Waals surface area contributed by atoms with E-state index in [1.807, 2.05) is 0 Å². The molecule has 0 bridgehead atoms. The lowest BCUT2D eigenvalue weighted by Gasteiger charge is -2.24. The maximum absolute atomic E-state index is 12.7. The molecule has 2 N–H and O–H groups in total. The minimum absolute atomic E-state index is 0.0833. The van der Waals surface area contributed by atoms with E-state index < -0.39 is 11.8 Å². The third-order valence-corrected chi connectivity index (χ3v) is 5.53. The number of rotatable bonds is 3. The summed E-state index contributed by atoms with van der Waals surface area (Å²) >= 11 is 5.84. The van der Waals surface area contributed by atoms with Crippen molar-refractivity contribution in [2.75, 3.05) is 5.32 Å². The molecule has 4 rings (SSSR count). The minimum Gasteiger partial charge on any atom is -0.322 e. The van der Waals surface area contributed by atoms with Crippen LogP contribution in [0.2, 0.25) is 5.02 Å². The maximum atomic E-state index is 12.7. The topological polar surface area (TPSA) is 92.3 Å². The number of fused-ring (bicyclic) bond motifs is 1. The van der Waals surface area contributed by atoms with Crippen LogP contribution in [0.1, 0.15) is 39.1 Å². The summed E-state index contributed by atoms with van der Waals surface area (Å²) in [5.74, 6) is -1.99. The van der Waals surface area contributed by atoms with Gasteiger partial charge < -0.3 is 5.32 Å². The van der Waals surface area contributed by atoms with Crippen LogP contribution >= 0.6 is 11.6 Å². The number of nitrogens with one attached hydrogen (secondary N) is 2. The first-order valence-electron chi connectivity index (χ1n) is 9.00. The number of ketones is 1. The predicted octanol–water partition coefficient (Wildman–Crippen LogP) is 3.00. The Morgan fingerprint density at radius 3 is 2.50 bits per heavy atom. The van der Waals surface area contributed by atoms with Crippen molar-refractivity contribution in [1.82, 2.24) is 5.32 Å². The zero-order valence-electron chi connectivity index (χ0n) is 14.8. The largest absolute Gasteiger partial charge is 0.322 e. The van der Waals surface area contributed by atoms with Gasteiger partial charge in [0.25, 0.3) is 5.91 Å². The first kappa shape index (κ1) is 18.4. The number of anilines is 1. The predicted molar refractivity (Wildman–Crippen MR) is 103 cm³/mol. The smallest absolute Gasteiger partial charge is 0.255 e. The average molecular weight is 397 g/mol. The quantitative estimate of drug-likeness (QED) is 0.780. The zero-order chi connectivity index (χ0) is 19.8. The fourth-order valence-electron chi connectivity index (χ4n) is 3.83. The number of piperidine rings is 1. The Hall–Kier alpha value is -2.99. The number of imide groups is 1. The first-order chi connectivity index (χ1) is 13.4. The molecule has 7 heteroatoms. The number of hydrogen-bond donors (Lipinski definition) is 2. The Bertz CT molecular complexity index is 1000. The Labute approximate surface area is 166 Å². The van der Waals surface area contributed by atoms with Crippen molar-refractivity contribution in [3.63, 3.8) is 0 Å². The number of carbonyl (C=O) groups is 4. The van der Waals surface area contributed by atoms with Crippen molar-refractivity contribution in [2.24, 2.45) is 11.8 Å². The van der Waals surface area contributed by atoms with E-state index in [0.29, 0.717) is 34.7 Å². The molecule has 28 heavy (non-hydrogen) atoms. The lowest BCUT2D eigenvalue weighted by Crippen LogP contribution is -2.44. The molecule has 0 spiro atoms. The Morgan fingerprint density at radius 1 is 1.04 bits per heavy atom. The molecule has 2 atom stereocenters. The molecule has 142 valence electrons. The molecular weight excluding hydrogens is 380 g/mol. The maximum Gasteiger partial charge on any atom is 0.255 e. The van der Waals surface area contributed by atoms with E-state index in [9.17, 15) is 19.2 Å². The van der Waals surface area contributed by atoms with Gasteiger partial charge in [-0.1, -0.05) is 11.6 Å². The Morgan fingerprint density at radius 2 is 1.79 bits per heavy atom. The Balaban J connectivity index is 1.51. The summed E-state index contributed by atoms with van der Waals surface area (Å²) < 4.78 is 0. The monoisotopic (exact) mass is 396 g/mol. The molecule has 2 aromatic rings. The minimum atomic E-state index is -0.496. The van der Waals surface area contributed by atoms with Gasteiger partial charge in [0.05, 0.1) is 0 Å². The molecule has 6 nitrogen and oxygen atoms in total. The van der Waals surface area contributed by atoms with E-state index in [1.165, 1.54) is 0 Å². The fraction of sp³-hybridized carbons (Fsp3) is 0.238. The summed E-state index contributed by atoms with van der Waals surface area (Å²) in [5, 5.41) is 5.68. The highest BCUT2D eigenvalue weighted by Crippen LogP contribution is 2.36. The van der Waals surface area contributed by atoms with Crippen molar-refractivity contribution < 1.29 is 19.2 Å². The van der Waals surface area contributed by atoms with Gasteiger partial charge in [-0.25, -0.2) is 0 Å². The third-order valence-electron chi connectivity index (χ3n) is 5.28. The second-order valence-electron chi connectivity index (χ2n) is 7.07. The van der Waals surface area contributed by atoms with Crippen LogP contribution < -0.4 is 10.6 Å². The van der Waals surface area contributed by atoms with Gasteiger partial charge in [-0.3, -0.25) is 24.5 Å². The van der Waals surface area contributed by atoms with E-state index in [0.717, 1.165) is 5.56 Å². The summed E-state index contributed by atoms with van der Waals surface area (Å²) in [5.41, 5.74) is 2.42. The highest BCUT2D eigenvalue weighted by atomic mass is 35.5. The molecule has 2 unspecified atom stereocenters. The highest BCUT2D eigenvalue weighted by molar-refractivity contribution is 6.30. The van der Waals surface area contributed by atoms with Crippen molar-refractivity contribution in [3.05, 3.63) is 64.2 Å². The van der Waals surface area contributed by atoms with Crippen LogP contribution in [0.4, 0.5) is 5.69 Å². The Kier molecular flexibility index (Phi) is 4.73. The van der Waals surface area contributed by atoms with E-state index in [4.69, 9.17) is 11.6 Å². The lowest BCUT2D eigenvalue weighted by atomic mass is 9.83. The van der Waals surface area contributed by atoms with Crippen LogP contribution in [-0.4, -0.2) is 23.5 Å². The highest BCUT2D eigenvalue weighted by Gasteiger charge is 2.41. The molecule has 1 heterocycles. The standard InChI is InChI=1S/C21H17ClN2O4/c22-13-3-1-11(2-4-13)20(27)23-14-5-6-15-12(9-14)10-17(19(15)26)16-7-8-18(25)24-21(16)28/h1-6,9,16-17H,7-8,10H2,(H,23,27)(H,24,25,28). The van der Waals surface area contributed by atoms with Crippen molar-refractivity contribution in [3.8, 4) is 0 Å². The number of amides is 3. The van der Waals surface area contributed by atoms with Gasteiger partial charge in [0, 0.05) is 40.1 Å². The van der Waals surface area contributed by atoms with Crippen LogP contribution in [-0.2, 0) is 16.0 Å². The summed E-state index contributed by atoms with van der Waals surface area (Å²) in [7, 11) is 0. The summed E-state index contributed by atoms with van der Waals surface area (Å²) in [6.07, 6.45) is 1.05. The van der Waals surface area contributed by atoms with Gasteiger partial charge in [-0.15, -0.1) is 0 Å². The van der Waals surface area contributed by atoms with E-state index in [2.05, 4.69) is 10.6 Å². The van der Waals surface area contributed by atoms with Gasteiger partial charge in [0.1, 0.15) is 0 Å². The van der Waals surface area contributed by atoms with Crippen LogP contribution in [0.5, 0.6) is 0 Å². The molecule has 2 aliphatic rings. The van der Waals surface area contributed by atoms with Crippen LogP contribution in [0.25, 0.3) is 0 Å². The number of hydrogen-bond acceptors (Lipinski definition) is 4. The second kappa shape index (κ2) is 7.20. The third kappa shape index (κ3) is 3.43. The molecule has 1 aliphatic heterocycles. The average Bonchev–Trinajstić information content (AvgIpc) is 2.98. The van der Waals surface area contributed by atoms with Crippen molar-refractivity contribution in [1.29, 1.82) is 0 Å². The molecule has 3 amide bonds. The molecule has 0 aromatic heterocycles. The second-order valence-corrected chi connectivity index (χ2v) is 7.50. The zero-order valence-corrected chi connectivity index (χ0v) is 15.6. The van der Waals surface area contributed by atoms with Gasteiger partial charge in [0.15, 0.2) is 5.78 Å². The summed E-state index contributed by atoms with van der Waals surface area (Å²) in [6.45, 7) is 0. The van der Waals surface area contributed by atoms with E-state index in [1.54, 1.807) is 42.5 Å². The normalized spacial score (nSPS) is 21.2. The number of carbonyl (C=O) groups excluding carboxylic acids is 4. The van der Waals surface area contributed by atoms with Crippen LogP contribution in [0.3, 0.4) is 0 Å². The van der Waals surface area contributed by atoms with Gasteiger partial charge in [-0.2, -0.15) is 0 Å². The summed E-state index contributed by atoms with van der Waals surface area (Å²) in [4.78, 5) is 48.6. The van der Waals surface area contributed by atoms with Gasteiger partial charge in [0.2, 0.25) is 11.8 Å². The number of Topliss-reactive ketones (excluding diaryl/α,β-unsaturated/α-hetero) is 1. The van der Waals surface area contributed by atoms with Gasteiger partial charge in [-0.05, 0) is 60.9 Å². The summed E-state index contributed by atoms with van der Waals surface area (Å²) in [6, 6.07) is 11.7. The molecular formula is C21H17ClN2O4.